The van der Waals surface area contributed by atoms with Gasteiger partial charge in [0.1, 0.15) is 6.04 Å². The minimum atomic E-state index is -0.883. The molecule has 0 spiro atoms. The maximum absolute atomic E-state index is 12.6. The van der Waals surface area contributed by atoms with E-state index in [1.54, 1.807) is 16.7 Å². The minimum absolute atomic E-state index is 0.0110. The molecule has 0 aliphatic carbocycles. The van der Waals surface area contributed by atoms with Gasteiger partial charge in [0.2, 0.25) is 0 Å². The number of carbonyl (C=O) groups excluding carboxylic acids is 1. The van der Waals surface area contributed by atoms with Crippen LogP contribution in [0.5, 0.6) is 0 Å². The number of hydrogen-bond acceptors (Lipinski definition) is 3. The van der Waals surface area contributed by atoms with Crippen molar-refractivity contribution in [2.75, 3.05) is 18.8 Å². The van der Waals surface area contributed by atoms with Crippen LogP contribution in [0.1, 0.15) is 39.0 Å². The predicted octanol–water partition coefficient (Wildman–Crippen LogP) is 2.22. The molecule has 0 aromatic carbocycles. The van der Waals surface area contributed by atoms with Crippen LogP contribution in [0.25, 0.3) is 0 Å². The van der Waals surface area contributed by atoms with Gasteiger partial charge in [-0.25, -0.2) is 9.59 Å². The average Bonchev–Trinajstić information content (AvgIpc) is 2.64. The molecule has 0 aromatic heterocycles. The van der Waals surface area contributed by atoms with Gasteiger partial charge >= 0.3 is 12.0 Å². The molecule has 2 amide bonds. The van der Waals surface area contributed by atoms with Gasteiger partial charge in [-0.15, -0.1) is 11.8 Å². The number of carboxylic acids is 1. The Morgan fingerprint density at radius 2 is 1.84 bits per heavy atom. The van der Waals surface area contributed by atoms with Gasteiger partial charge in [0.25, 0.3) is 0 Å². The van der Waals surface area contributed by atoms with Gasteiger partial charge in [-0.3, -0.25) is 4.90 Å². The lowest BCUT2D eigenvalue weighted by atomic mass is 10.2. The number of urea groups is 1. The van der Waals surface area contributed by atoms with E-state index in [2.05, 4.69) is 0 Å². The van der Waals surface area contributed by atoms with Crippen molar-refractivity contribution >= 4 is 23.8 Å². The van der Waals surface area contributed by atoms with Crippen molar-refractivity contribution in [3.63, 3.8) is 0 Å². The van der Waals surface area contributed by atoms with Gasteiger partial charge < -0.3 is 10.0 Å². The molecule has 5 nitrogen and oxygen atoms in total. The highest BCUT2D eigenvalue weighted by Crippen LogP contribution is 2.32. The second-order valence-electron chi connectivity index (χ2n) is 5.14. The third-order valence-electron chi connectivity index (χ3n) is 3.82. The molecule has 1 N–H and O–H groups in total. The molecule has 108 valence electrons. The van der Waals surface area contributed by atoms with Gasteiger partial charge in [0.15, 0.2) is 0 Å². The fourth-order valence-corrected chi connectivity index (χ4v) is 4.09. The largest absolute Gasteiger partial charge is 0.480 e. The number of likely N-dealkylation sites (tertiary alicyclic amines) is 1. The van der Waals surface area contributed by atoms with Crippen molar-refractivity contribution in [1.82, 2.24) is 9.80 Å². The standard InChI is InChI=1S/C13H22N2O3S/c1-2-11-15(10(9-19-11)12(16)17)13(18)14-7-5-3-4-6-8-14/h10-11H,2-9H2,1H3,(H,16,17). The van der Waals surface area contributed by atoms with Crippen molar-refractivity contribution in [2.24, 2.45) is 0 Å². The van der Waals surface area contributed by atoms with E-state index in [-0.39, 0.29) is 11.4 Å². The second-order valence-corrected chi connectivity index (χ2v) is 6.35. The number of carbonyl (C=O) groups is 2. The fraction of sp³-hybridized carbons (Fsp3) is 0.846. The van der Waals surface area contributed by atoms with Gasteiger partial charge in [-0.2, -0.15) is 0 Å². The van der Waals surface area contributed by atoms with Crippen LogP contribution >= 0.6 is 11.8 Å². The Morgan fingerprint density at radius 3 is 2.37 bits per heavy atom. The van der Waals surface area contributed by atoms with E-state index < -0.39 is 12.0 Å². The van der Waals surface area contributed by atoms with Crippen molar-refractivity contribution in [3.05, 3.63) is 0 Å². The van der Waals surface area contributed by atoms with E-state index in [1.165, 1.54) is 0 Å². The smallest absolute Gasteiger partial charge is 0.327 e. The molecule has 2 saturated heterocycles. The van der Waals surface area contributed by atoms with Crippen LogP contribution in [0.3, 0.4) is 0 Å². The average molecular weight is 286 g/mol. The summed E-state index contributed by atoms with van der Waals surface area (Å²) >= 11 is 1.58. The van der Waals surface area contributed by atoms with E-state index in [9.17, 15) is 14.7 Å². The summed E-state index contributed by atoms with van der Waals surface area (Å²) < 4.78 is 0. The number of hydrogen-bond donors (Lipinski definition) is 1. The molecule has 0 aromatic rings. The summed E-state index contributed by atoms with van der Waals surface area (Å²) in [5.41, 5.74) is 0. The third kappa shape index (κ3) is 3.16. The number of thioether (sulfide) groups is 1. The number of amides is 2. The molecule has 0 bridgehead atoms. The van der Waals surface area contributed by atoms with Crippen molar-refractivity contribution in [3.8, 4) is 0 Å². The monoisotopic (exact) mass is 286 g/mol. The van der Waals surface area contributed by atoms with Crippen LogP contribution < -0.4 is 0 Å². The molecule has 2 fully saturated rings. The topological polar surface area (TPSA) is 60.9 Å². The van der Waals surface area contributed by atoms with E-state index >= 15 is 0 Å². The minimum Gasteiger partial charge on any atom is -0.480 e. The first-order valence-corrected chi connectivity index (χ1v) is 8.11. The Kier molecular flexibility index (Phi) is 4.96. The van der Waals surface area contributed by atoms with Gasteiger partial charge in [-0.05, 0) is 19.3 Å². The van der Waals surface area contributed by atoms with Crippen molar-refractivity contribution in [2.45, 2.75) is 50.4 Å². The van der Waals surface area contributed by atoms with E-state index in [0.717, 1.165) is 45.2 Å². The molecule has 2 heterocycles. The number of carboxylic acid groups (broad SMARTS) is 1. The lowest BCUT2D eigenvalue weighted by molar-refractivity contribution is -0.141. The predicted molar refractivity (Wildman–Crippen MR) is 75.2 cm³/mol. The van der Waals surface area contributed by atoms with Crippen LogP contribution in [-0.4, -0.2) is 57.2 Å². The Labute approximate surface area is 118 Å². The van der Waals surface area contributed by atoms with Crippen LogP contribution in [0.4, 0.5) is 4.79 Å². The number of nitrogens with zero attached hydrogens (tertiary/aromatic N) is 2. The molecule has 2 aliphatic heterocycles. The third-order valence-corrected chi connectivity index (χ3v) is 5.28. The highest BCUT2D eigenvalue weighted by atomic mass is 32.2. The zero-order valence-corrected chi connectivity index (χ0v) is 12.2. The van der Waals surface area contributed by atoms with Gasteiger partial charge in [0.05, 0.1) is 5.37 Å². The quantitative estimate of drug-likeness (QED) is 0.845. The first-order chi connectivity index (χ1) is 9.15. The Hall–Kier alpha value is -0.910. The molecule has 2 atom stereocenters. The van der Waals surface area contributed by atoms with Crippen LogP contribution in [0.2, 0.25) is 0 Å². The highest BCUT2D eigenvalue weighted by molar-refractivity contribution is 8.00. The molecule has 2 rings (SSSR count). The molecule has 2 aliphatic rings. The maximum Gasteiger partial charge on any atom is 0.327 e. The second kappa shape index (κ2) is 6.50. The lowest BCUT2D eigenvalue weighted by Crippen LogP contribution is -2.51. The molecule has 0 saturated carbocycles. The van der Waals surface area contributed by atoms with Crippen LogP contribution in [0, 0.1) is 0 Å². The Bertz CT molecular complexity index is 343. The van der Waals surface area contributed by atoms with Crippen molar-refractivity contribution < 1.29 is 14.7 Å². The Balaban J connectivity index is 2.10. The van der Waals surface area contributed by atoms with E-state index in [1.807, 2.05) is 11.8 Å². The molecule has 19 heavy (non-hydrogen) atoms. The summed E-state index contributed by atoms with van der Waals surface area (Å²) in [5.74, 6) is -0.375. The molecular weight excluding hydrogens is 264 g/mol. The summed E-state index contributed by atoms with van der Waals surface area (Å²) in [7, 11) is 0. The molecule has 6 heteroatoms. The van der Waals surface area contributed by atoms with E-state index in [4.69, 9.17) is 0 Å². The van der Waals surface area contributed by atoms with Gasteiger partial charge in [0, 0.05) is 18.8 Å². The van der Waals surface area contributed by atoms with Crippen LogP contribution in [0.15, 0.2) is 0 Å². The molecular formula is C13H22N2O3S. The number of rotatable bonds is 2. The molecule has 2 unspecified atom stereocenters. The molecule has 0 radical (unpaired) electrons. The summed E-state index contributed by atoms with van der Waals surface area (Å²) in [6, 6.07) is -0.739. The summed E-state index contributed by atoms with van der Waals surface area (Å²) in [4.78, 5) is 27.4. The lowest BCUT2D eigenvalue weighted by Gasteiger charge is -2.32. The highest BCUT2D eigenvalue weighted by Gasteiger charge is 2.42. The normalized spacial score (nSPS) is 28.3. The fourth-order valence-electron chi connectivity index (χ4n) is 2.75. The SMILES string of the molecule is CCC1SCC(C(=O)O)N1C(=O)N1CCCCCC1. The number of aliphatic carboxylic acids is 1. The zero-order valence-electron chi connectivity index (χ0n) is 11.4. The summed E-state index contributed by atoms with van der Waals surface area (Å²) in [5, 5.41) is 9.29. The zero-order chi connectivity index (χ0) is 13.8. The van der Waals surface area contributed by atoms with Crippen LogP contribution in [-0.2, 0) is 4.79 Å². The Morgan fingerprint density at radius 1 is 1.21 bits per heavy atom. The van der Waals surface area contributed by atoms with E-state index in [0.29, 0.717) is 5.75 Å². The summed E-state index contributed by atoms with van der Waals surface area (Å²) in [6.45, 7) is 3.54. The summed E-state index contributed by atoms with van der Waals surface area (Å²) in [6.07, 6.45) is 5.19. The van der Waals surface area contributed by atoms with Gasteiger partial charge in [-0.1, -0.05) is 19.8 Å². The maximum atomic E-state index is 12.6. The first kappa shape index (κ1) is 14.5. The van der Waals surface area contributed by atoms with Crippen molar-refractivity contribution in [1.29, 1.82) is 0 Å². The first-order valence-electron chi connectivity index (χ1n) is 7.06.